The van der Waals surface area contributed by atoms with Gasteiger partial charge in [-0.05, 0) is 62.4 Å². The van der Waals surface area contributed by atoms with Crippen LogP contribution in [0.2, 0.25) is 0 Å². The van der Waals surface area contributed by atoms with E-state index in [1.165, 1.54) is 25.1 Å². The molecule has 0 spiro atoms. The molecular weight excluding hydrogens is 483 g/mol. The summed E-state index contributed by atoms with van der Waals surface area (Å²) in [6, 6.07) is 10.8. The smallest absolute Gasteiger partial charge is 0.416 e. The van der Waals surface area contributed by atoms with Crippen molar-refractivity contribution in [1.82, 2.24) is 14.6 Å². The molecule has 0 bridgehead atoms. The Kier molecular flexibility index (Phi) is 6.32. The van der Waals surface area contributed by atoms with Crippen molar-refractivity contribution < 1.29 is 26.3 Å². The van der Waals surface area contributed by atoms with Crippen molar-refractivity contribution >= 4 is 27.0 Å². The van der Waals surface area contributed by atoms with Crippen LogP contribution in [-0.4, -0.2) is 35.8 Å². The average Bonchev–Trinajstić information content (AvgIpc) is 3.19. The lowest BCUT2D eigenvalue weighted by atomic mass is 10.0. The van der Waals surface area contributed by atoms with E-state index in [0.29, 0.717) is 39.7 Å². The number of anilines is 2. The molecule has 2 heterocycles. The Morgan fingerprint density at radius 3 is 2.40 bits per heavy atom. The van der Waals surface area contributed by atoms with Crippen LogP contribution < -0.4 is 14.8 Å². The maximum atomic E-state index is 12.9. The quantitative estimate of drug-likeness (QED) is 0.353. The van der Waals surface area contributed by atoms with Gasteiger partial charge in [0.25, 0.3) is 0 Å². The van der Waals surface area contributed by atoms with Crippen molar-refractivity contribution in [2.75, 3.05) is 22.8 Å². The third kappa shape index (κ3) is 5.16. The molecule has 0 unspecified atom stereocenters. The molecule has 0 aliphatic heterocycles. The zero-order valence-electron chi connectivity index (χ0n) is 19.0. The van der Waals surface area contributed by atoms with E-state index < -0.39 is 21.8 Å². The average molecular weight is 506 g/mol. The molecule has 0 fully saturated rings. The van der Waals surface area contributed by atoms with E-state index in [1.807, 2.05) is 0 Å². The van der Waals surface area contributed by atoms with Crippen LogP contribution in [0.4, 0.5) is 24.5 Å². The van der Waals surface area contributed by atoms with Gasteiger partial charge in [-0.25, -0.2) is 8.42 Å². The number of hydrogen-bond acceptors (Lipinski definition) is 6. The minimum absolute atomic E-state index is 0.109. The molecule has 0 saturated heterocycles. The zero-order valence-corrected chi connectivity index (χ0v) is 19.8. The van der Waals surface area contributed by atoms with Gasteiger partial charge in [-0.15, -0.1) is 10.2 Å². The fourth-order valence-electron chi connectivity index (χ4n) is 3.43. The molecule has 4 aromatic rings. The van der Waals surface area contributed by atoms with E-state index in [9.17, 15) is 21.6 Å². The van der Waals surface area contributed by atoms with Crippen molar-refractivity contribution in [3.63, 3.8) is 0 Å². The number of rotatable bonds is 7. The SMILES string of the molecule is CCS(=O)(=O)Nc1ccc(Oc2ccc(C(F)(F)F)cc2)c(-c2cc(NC)c3nnc(C)n3c2)c1. The number of nitrogens with one attached hydrogen (secondary N) is 2. The second-order valence-corrected chi connectivity index (χ2v) is 9.68. The maximum absolute atomic E-state index is 12.9. The van der Waals surface area contributed by atoms with E-state index in [-0.39, 0.29) is 11.5 Å². The molecule has 35 heavy (non-hydrogen) atoms. The molecule has 2 N–H and O–H groups in total. The van der Waals surface area contributed by atoms with Crippen LogP contribution in [0, 0.1) is 6.92 Å². The van der Waals surface area contributed by atoms with E-state index in [2.05, 4.69) is 20.2 Å². The highest BCUT2D eigenvalue weighted by Crippen LogP contribution is 2.38. The summed E-state index contributed by atoms with van der Waals surface area (Å²) in [6.07, 6.45) is -2.68. The fraction of sp³-hybridized carbons (Fsp3) is 0.217. The van der Waals surface area contributed by atoms with E-state index in [1.54, 1.807) is 42.8 Å². The molecule has 2 aromatic heterocycles. The third-order valence-electron chi connectivity index (χ3n) is 5.30. The van der Waals surface area contributed by atoms with E-state index in [0.717, 1.165) is 12.1 Å². The first-order chi connectivity index (χ1) is 16.5. The minimum atomic E-state index is -4.46. The van der Waals surface area contributed by atoms with E-state index in [4.69, 9.17) is 4.74 Å². The number of halogens is 3. The summed E-state index contributed by atoms with van der Waals surface area (Å²) in [5, 5.41) is 11.3. The number of pyridine rings is 1. The lowest BCUT2D eigenvalue weighted by Crippen LogP contribution is -2.14. The van der Waals surface area contributed by atoms with Gasteiger partial charge in [0.05, 0.1) is 17.0 Å². The first kappa shape index (κ1) is 24.3. The Balaban J connectivity index is 1.83. The Labute approximate surface area is 199 Å². The Hall–Kier alpha value is -3.80. The molecule has 0 radical (unpaired) electrons. The second kappa shape index (κ2) is 9.10. The number of nitrogens with zero attached hydrogens (tertiary/aromatic N) is 3. The van der Waals surface area contributed by atoms with Crippen LogP contribution in [0.1, 0.15) is 18.3 Å². The monoisotopic (exact) mass is 505 g/mol. The summed E-state index contributed by atoms with van der Waals surface area (Å²) in [5.41, 5.74) is 1.94. The van der Waals surface area contributed by atoms with Crippen molar-refractivity contribution in [3.8, 4) is 22.6 Å². The Bertz CT molecular complexity index is 1480. The summed E-state index contributed by atoms with van der Waals surface area (Å²) >= 11 is 0. The van der Waals surface area contributed by atoms with Gasteiger partial charge < -0.3 is 10.1 Å². The highest BCUT2D eigenvalue weighted by molar-refractivity contribution is 7.92. The number of hydrogen-bond donors (Lipinski definition) is 2. The number of fused-ring (bicyclic) bond motifs is 1. The summed E-state index contributed by atoms with van der Waals surface area (Å²) in [7, 11) is -1.81. The molecule has 0 atom stereocenters. The Morgan fingerprint density at radius 1 is 1.06 bits per heavy atom. The Morgan fingerprint density at radius 2 is 1.77 bits per heavy atom. The van der Waals surface area contributed by atoms with E-state index >= 15 is 0 Å². The lowest BCUT2D eigenvalue weighted by Gasteiger charge is -2.16. The summed E-state index contributed by atoms with van der Waals surface area (Å²) in [6.45, 7) is 3.31. The van der Waals surface area contributed by atoms with Gasteiger partial charge in [0.15, 0.2) is 5.65 Å². The molecule has 8 nitrogen and oxygen atoms in total. The van der Waals surface area contributed by atoms with Crippen LogP contribution in [0.15, 0.2) is 54.7 Å². The number of sulfonamides is 1. The highest BCUT2D eigenvalue weighted by Gasteiger charge is 2.30. The molecular formula is C23H22F3N5O3S. The summed E-state index contributed by atoms with van der Waals surface area (Å²) < 4.78 is 73.3. The first-order valence-corrected chi connectivity index (χ1v) is 12.2. The molecule has 12 heteroatoms. The molecule has 0 aliphatic carbocycles. The number of aryl methyl sites for hydroxylation is 1. The number of alkyl halides is 3. The molecule has 0 saturated carbocycles. The molecule has 2 aromatic carbocycles. The largest absolute Gasteiger partial charge is 0.457 e. The van der Waals surface area contributed by atoms with Crippen LogP contribution >= 0.6 is 0 Å². The molecule has 184 valence electrons. The summed E-state index contributed by atoms with van der Waals surface area (Å²) in [4.78, 5) is 0. The van der Waals surface area contributed by atoms with Crippen molar-refractivity contribution in [2.24, 2.45) is 0 Å². The van der Waals surface area contributed by atoms with Crippen LogP contribution in [0.3, 0.4) is 0 Å². The third-order valence-corrected chi connectivity index (χ3v) is 6.60. The minimum Gasteiger partial charge on any atom is -0.457 e. The first-order valence-electron chi connectivity index (χ1n) is 10.5. The van der Waals surface area contributed by atoms with Gasteiger partial charge in [0.2, 0.25) is 10.0 Å². The van der Waals surface area contributed by atoms with Crippen molar-refractivity contribution in [3.05, 3.63) is 66.1 Å². The van der Waals surface area contributed by atoms with Crippen LogP contribution in [-0.2, 0) is 16.2 Å². The standard InChI is InChI=1S/C23H22F3N5O3S/c1-4-35(32,33)30-17-7-10-21(34-18-8-5-16(6-9-18)23(24,25)26)19(12-17)15-11-20(27-3)22-29-28-14(2)31(22)13-15/h5-13,27,30H,4H2,1-3H3. The lowest BCUT2D eigenvalue weighted by molar-refractivity contribution is -0.137. The molecule has 4 rings (SSSR count). The highest BCUT2D eigenvalue weighted by atomic mass is 32.2. The normalized spacial score (nSPS) is 12.1. The van der Waals surface area contributed by atoms with Gasteiger partial charge >= 0.3 is 6.18 Å². The van der Waals surface area contributed by atoms with Crippen LogP contribution in [0.25, 0.3) is 16.8 Å². The fourth-order valence-corrected chi connectivity index (χ4v) is 4.06. The zero-order chi connectivity index (χ0) is 25.4. The number of ether oxygens (including phenoxy) is 1. The van der Waals surface area contributed by atoms with Crippen molar-refractivity contribution in [1.29, 1.82) is 0 Å². The second-order valence-electron chi connectivity index (χ2n) is 7.67. The van der Waals surface area contributed by atoms with Crippen LogP contribution in [0.5, 0.6) is 11.5 Å². The van der Waals surface area contributed by atoms with Gasteiger partial charge in [-0.3, -0.25) is 9.12 Å². The maximum Gasteiger partial charge on any atom is 0.416 e. The summed E-state index contributed by atoms with van der Waals surface area (Å²) in [5.74, 6) is 1.03. The molecule has 0 aliphatic rings. The van der Waals surface area contributed by atoms with Gasteiger partial charge in [-0.1, -0.05) is 0 Å². The van der Waals surface area contributed by atoms with Gasteiger partial charge in [0, 0.05) is 30.1 Å². The molecule has 0 amide bonds. The predicted octanol–water partition coefficient (Wildman–Crippen LogP) is 5.32. The van der Waals surface area contributed by atoms with Gasteiger partial charge in [0.1, 0.15) is 17.3 Å². The number of aromatic nitrogens is 3. The topological polar surface area (TPSA) is 97.6 Å². The van der Waals surface area contributed by atoms with Crippen molar-refractivity contribution in [2.45, 2.75) is 20.0 Å². The van der Waals surface area contributed by atoms with Gasteiger partial charge in [-0.2, -0.15) is 13.2 Å². The predicted molar refractivity (Wildman–Crippen MR) is 127 cm³/mol. The number of benzene rings is 2.